The Morgan fingerprint density at radius 2 is 1.86 bits per heavy atom. The maximum atomic E-state index is 12.5. The average molecular weight is 322 g/mol. The predicted octanol–water partition coefficient (Wildman–Crippen LogP) is 2.03. The molecule has 2 N–H and O–H groups in total. The molecule has 0 unspecified atom stereocenters. The predicted molar refractivity (Wildman–Crippen MR) is 87.3 cm³/mol. The molecular weight excluding hydrogens is 300 g/mol. The molecular formula is C16H22N2O3S. The molecule has 0 heterocycles. The first-order valence-electron chi connectivity index (χ1n) is 7.43. The fraction of sp³-hybridized carbons (Fsp3) is 0.438. The fourth-order valence-electron chi connectivity index (χ4n) is 2.69. The third-order valence-corrected chi connectivity index (χ3v) is 5.44. The van der Waals surface area contributed by atoms with Crippen LogP contribution >= 0.6 is 0 Å². The van der Waals surface area contributed by atoms with Crippen LogP contribution in [0.25, 0.3) is 6.08 Å². The van der Waals surface area contributed by atoms with Crippen molar-refractivity contribution in [1.82, 2.24) is 4.31 Å². The van der Waals surface area contributed by atoms with Crippen molar-refractivity contribution >= 4 is 22.0 Å². The summed E-state index contributed by atoms with van der Waals surface area (Å²) in [4.78, 5) is 11.2. The summed E-state index contributed by atoms with van der Waals surface area (Å²) in [6.07, 6.45) is 5.09. The summed E-state index contributed by atoms with van der Waals surface area (Å²) in [5, 5.41) is 1.17. The van der Waals surface area contributed by atoms with Gasteiger partial charge in [-0.1, -0.05) is 42.7 Å². The SMILES string of the molecule is Cc1ccc(C=CS(=O)(=O)N(CC(N)=O)C2CCCC2)cc1. The topological polar surface area (TPSA) is 80.5 Å². The van der Waals surface area contributed by atoms with Gasteiger partial charge in [0.2, 0.25) is 15.9 Å². The number of carbonyl (C=O) groups excluding carboxylic acids is 1. The zero-order valence-electron chi connectivity index (χ0n) is 12.7. The van der Waals surface area contributed by atoms with Crippen LogP contribution in [0.2, 0.25) is 0 Å². The summed E-state index contributed by atoms with van der Waals surface area (Å²) in [6.45, 7) is 1.71. The molecule has 1 aliphatic rings. The monoisotopic (exact) mass is 322 g/mol. The van der Waals surface area contributed by atoms with Crippen molar-refractivity contribution in [2.75, 3.05) is 6.54 Å². The van der Waals surface area contributed by atoms with Crippen molar-refractivity contribution in [3.05, 3.63) is 40.8 Å². The van der Waals surface area contributed by atoms with E-state index in [2.05, 4.69) is 0 Å². The molecule has 2 rings (SSSR count). The summed E-state index contributed by atoms with van der Waals surface area (Å²) >= 11 is 0. The zero-order valence-corrected chi connectivity index (χ0v) is 13.6. The Morgan fingerprint density at radius 3 is 2.41 bits per heavy atom. The highest BCUT2D eigenvalue weighted by Crippen LogP contribution is 2.26. The lowest BCUT2D eigenvalue weighted by Gasteiger charge is -2.25. The van der Waals surface area contributed by atoms with Crippen LogP contribution < -0.4 is 5.73 Å². The van der Waals surface area contributed by atoms with Gasteiger partial charge in [0.15, 0.2) is 0 Å². The van der Waals surface area contributed by atoms with Gasteiger partial charge >= 0.3 is 0 Å². The number of sulfonamides is 1. The molecule has 0 bridgehead atoms. The number of hydrogen-bond donors (Lipinski definition) is 1. The van der Waals surface area contributed by atoms with E-state index in [0.29, 0.717) is 0 Å². The molecule has 22 heavy (non-hydrogen) atoms. The maximum absolute atomic E-state index is 12.5. The van der Waals surface area contributed by atoms with E-state index in [1.165, 1.54) is 9.71 Å². The highest BCUT2D eigenvalue weighted by molar-refractivity contribution is 7.92. The molecule has 1 amide bonds. The molecule has 0 aliphatic heterocycles. The third-order valence-electron chi connectivity index (χ3n) is 3.88. The van der Waals surface area contributed by atoms with Gasteiger partial charge in [0.1, 0.15) is 0 Å². The van der Waals surface area contributed by atoms with E-state index in [0.717, 1.165) is 36.8 Å². The second kappa shape index (κ2) is 7.07. The second-order valence-electron chi connectivity index (χ2n) is 5.71. The fourth-order valence-corrected chi connectivity index (χ4v) is 4.11. The Morgan fingerprint density at radius 1 is 1.27 bits per heavy atom. The van der Waals surface area contributed by atoms with Crippen LogP contribution in [0.5, 0.6) is 0 Å². The first kappa shape index (κ1) is 16.7. The number of benzene rings is 1. The van der Waals surface area contributed by atoms with Gasteiger partial charge in [0, 0.05) is 11.4 Å². The Balaban J connectivity index is 2.20. The van der Waals surface area contributed by atoms with E-state index < -0.39 is 15.9 Å². The Bertz CT molecular complexity index is 644. The molecule has 0 atom stereocenters. The third kappa shape index (κ3) is 4.42. The van der Waals surface area contributed by atoms with Crippen LogP contribution in [0.15, 0.2) is 29.7 Å². The van der Waals surface area contributed by atoms with E-state index >= 15 is 0 Å². The lowest BCUT2D eigenvalue weighted by Crippen LogP contribution is -2.43. The number of amides is 1. The smallest absolute Gasteiger partial charge is 0.236 e. The molecule has 120 valence electrons. The van der Waals surface area contributed by atoms with Crippen LogP contribution in [0.1, 0.15) is 36.8 Å². The van der Waals surface area contributed by atoms with Crippen molar-refractivity contribution in [3.63, 3.8) is 0 Å². The van der Waals surface area contributed by atoms with Crippen molar-refractivity contribution in [1.29, 1.82) is 0 Å². The number of primary amides is 1. The van der Waals surface area contributed by atoms with Gasteiger partial charge < -0.3 is 5.73 Å². The van der Waals surface area contributed by atoms with Crippen molar-refractivity contribution in [3.8, 4) is 0 Å². The maximum Gasteiger partial charge on any atom is 0.236 e. The van der Waals surface area contributed by atoms with Crippen LogP contribution in [0.4, 0.5) is 0 Å². The molecule has 0 saturated heterocycles. The largest absolute Gasteiger partial charge is 0.369 e. The number of rotatable bonds is 6. The van der Waals surface area contributed by atoms with Crippen LogP contribution in [0.3, 0.4) is 0 Å². The van der Waals surface area contributed by atoms with Crippen LogP contribution in [0, 0.1) is 6.92 Å². The number of aryl methyl sites for hydroxylation is 1. The Hall–Kier alpha value is -1.66. The molecule has 1 aromatic rings. The first-order valence-corrected chi connectivity index (χ1v) is 8.94. The standard InChI is InChI=1S/C16H22N2O3S/c1-13-6-8-14(9-7-13)10-11-22(20,21)18(12-16(17)19)15-4-2-3-5-15/h6-11,15H,2-5,12H2,1H3,(H2,17,19). The summed E-state index contributed by atoms with van der Waals surface area (Å²) in [7, 11) is -3.66. The van der Waals surface area contributed by atoms with E-state index in [1.807, 2.05) is 31.2 Å². The van der Waals surface area contributed by atoms with Gasteiger partial charge in [-0.05, 0) is 31.4 Å². The van der Waals surface area contributed by atoms with Gasteiger partial charge in [-0.2, -0.15) is 4.31 Å². The Labute approximate surface area is 131 Å². The molecule has 6 heteroatoms. The number of nitrogens with two attached hydrogens (primary N) is 1. The minimum absolute atomic E-state index is 0.125. The van der Waals surface area contributed by atoms with Crippen LogP contribution in [-0.4, -0.2) is 31.2 Å². The van der Waals surface area contributed by atoms with Gasteiger partial charge in [-0.25, -0.2) is 8.42 Å². The summed E-state index contributed by atoms with van der Waals surface area (Å²) in [6, 6.07) is 7.43. The quantitative estimate of drug-likeness (QED) is 0.870. The molecule has 5 nitrogen and oxygen atoms in total. The van der Waals surface area contributed by atoms with Crippen molar-refractivity contribution < 1.29 is 13.2 Å². The highest BCUT2D eigenvalue weighted by atomic mass is 32.2. The highest BCUT2D eigenvalue weighted by Gasteiger charge is 2.31. The van der Waals surface area contributed by atoms with E-state index in [1.54, 1.807) is 6.08 Å². The van der Waals surface area contributed by atoms with Crippen LogP contribution in [-0.2, 0) is 14.8 Å². The second-order valence-corrected chi connectivity index (χ2v) is 7.48. The molecule has 1 saturated carbocycles. The van der Waals surface area contributed by atoms with Gasteiger partial charge in [0.05, 0.1) is 6.54 Å². The summed E-state index contributed by atoms with van der Waals surface area (Å²) in [5.41, 5.74) is 7.13. The number of hydrogen-bond acceptors (Lipinski definition) is 3. The molecule has 1 aliphatic carbocycles. The summed E-state index contributed by atoms with van der Waals surface area (Å²) < 4.78 is 26.3. The normalized spacial score (nSPS) is 16.6. The minimum atomic E-state index is -3.66. The van der Waals surface area contributed by atoms with Crippen molar-refractivity contribution in [2.24, 2.45) is 5.73 Å². The number of carbonyl (C=O) groups is 1. The van der Waals surface area contributed by atoms with Gasteiger partial charge in [-0.15, -0.1) is 0 Å². The lowest BCUT2D eigenvalue weighted by atomic mass is 10.2. The van der Waals surface area contributed by atoms with Gasteiger partial charge in [-0.3, -0.25) is 4.79 Å². The van der Waals surface area contributed by atoms with E-state index in [4.69, 9.17) is 5.73 Å². The average Bonchev–Trinajstić information content (AvgIpc) is 2.97. The first-order chi connectivity index (χ1) is 10.4. The molecule has 0 spiro atoms. The molecule has 1 fully saturated rings. The van der Waals surface area contributed by atoms with E-state index in [9.17, 15) is 13.2 Å². The summed E-state index contributed by atoms with van der Waals surface area (Å²) in [5.74, 6) is -0.626. The van der Waals surface area contributed by atoms with E-state index in [-0.39, 0.29) is 12.6 Å². The minimum Gasteiger partial charge on any atom is -0.369 e. The van der Waals surface area contributed by atoms with Gasteiger partial charge in [0.25, 0.3) is 0 Å². The Kier molecular flexibility index (Phi) is 5.37. The molecule has 0 aromatic heterocycles. The molecule has 1 aromatic carbocycles. The van der Waals surface area contributed by atoms with Crippen molar-refractivity contribution in [2.45, 2.75) is 38.6 Å². The lowest BCUT2D eigenvalue weighted by molar-refractivity contribution is -0.118. The zero-order chi connectivity index (χ0) is 16.2. The number of nitrogens with zero attached hydrogens (tertiary/aromatic N) is 1. The molecule has 0 radical (unpaired) electrons.